The number of nitrogens with zero attached hydrogens (tertiary/aromatic N) is 5. The molecule has 0 amide bonds. The molecule has 0 spiro atoms. The predicted molar refractivity (Wildman–Crippen MR) is 285 cm³/mol. The molecule has 0 N–H and O–H groups in total. The fourth-order valence-corrected chi connectivity index (χ4v) is 11.0. The SMILES string of the molecule is c1ccc(-n2c3ccccc3c3c(-c4nc(-c5ccc6ccccc6c5)nc(-c5cc(-n6c7cc8ccccc8cc7c7ccc8ccccc8c76)c6oc7ccccc7c6c5)n4)cccc32)cc1. The molecule has 15 rings (SSSR count). The van der Waals surface area contributed by atoms with Crippen molar-refractivity contribution in [1.29, 1.82) is 0 Å². The van der Waals surface area contributed by atoms with Crippen LogP contribution in [0.15, 0.2) is 229 Å². The second-order valence-corrected chi connectivity index (χ2v) is 18.0. The number of benzene rings is 11. The first-order chi connectivity index (χ1) is 34.2. The summed E-state index contributed by atoms with van der Waals surface area (Å²) in [5.41, 5.74) is 10.7. The molecule has 0 fully saturated rings. The molecule has 69 heavy (non-hydrogen) atoms. The summed E-state index contributed by atoms with van der Waals surface area (Å²) in [4.78, 5) is 16.4. The van der Waals surface area contributed by atoms with Crippen LogP contribution in [0.5, 0.6) is 0 Å². The van der Waals surface area contributed by atoms with Crippen LogP contribution < -0.4 is 0 Å². The van der Waals surface area contributed by atoms with Gasteiger partial charge >= 0.3 is 0 Å². The Hall–Kier alpha value is -9.39. The molecule has 0 bridgehead atoms. The topological polar surface area (TPSA) is 61.7 Å². The molecule has 320 valence electrons. The van der Waals surface area contributed by atoms with Gasteiger partial charge in [-0.2, -0.15) is 0 Å². The summed E-state index contributed by atoms with van der Waals surface area (Å²) < 4.78 is 11.7. The van der Waals surface area contributed by atoms with Crippen LogP contribution in [0.25, 0.3) is 143 Å². The number of hydrogen-bond acceptors (Lipinski definition) is 4. The summed E-state index contributed by atoms with van der Waals surface area (Å²) in [5, 5.41) is 13.5. The minimum Gasteiger partial charge on any atom is -0.454 e. The lowest BCUT2D eigenvalue weighted by molar-refractivity contribution is 0.666. The maximum Gasteiger partial charge on any atom is 0.164 e. The van der Waals surface area contributed by atoms with Gasteiger partial charge in [-0.05, 0) is 87.6 Å². The molecular weight excluding hydrogens is 843 g/mol. The Morgan fingerprint density at radius 2 is 0.971 bits per heavy atom. The molecule has 0 saturated carbocycles. The lowest BCUT2D eigenvalue weighted by Gasteiger charge is -2.14. The van der Waals surface area contributed by atoms with Gasteiger partial charge in [0.1, 0.15) is 5.58 Å². The van der Waals surface area contributed by atoms with Crippen LogP contribution in [0.4, 0.5) is 0 Å². The van der Waals surface area contributed by atoms with E-state index < -0.39 is 0 Å². The number of fused-ring (bicyclic) bond motifs is 13. The van der Waals surface area contributed by atoms with Gasteiger partial charge in [0, 0.05) is 60.1 Å². The van der Waals surface area contributed by atoms with E-state index in [-0.39, 0.29) is 0 Å². The zero-order valence-electron chi connectivity index (χ0n) is 37.0. The first-order valence-electron chi connectivity index (χ1n) is 23.3. The second kappa shape index (κ2) is 14.6. The zero-order valence-corrected chi connectivity index (χ0v) is 37.0. The molecule has 0 aliphatic rings. The molecule has 4 heterocycles. The van der Waals surface area contributed by atoms with Gasteiger partial charge in [0.15, 0.2) is 23.1 Å². The third-order valence-electron chi connectivity index (χ3n) is 14.1. The minimum atomic E-state index is 0.566. The van der Waals surface area contributed by atoms with Crippen LogP contribution in [0.3, 0.4) is 0 Å². The van der Waals surface area contributed by atoms with Gasteiger partial charge in [0.2, 0.25) is 0 Å². The third kappa shape index (κ3) is 5.69. The van der Waals surface area contributed by atoms with E-state index in [0.717, 1.165) is 99.0 Å². The van der Waals surface area contributed by atoms with E-state index in [1.165, 1.54) is 26.9 Å². The van der Waals surface area contributed by atoms with Crippen LogP contribution in [0.1, 0.15) is 0 Å². The summed E-state index contributed by atoms with van der Waals surface area (Å²) in [5.74, 6) is 1.76. The van der Waals surface area contributed by atoms with Gasteiger partial charge in [-0.15, -0.1) is 0 Å². The average Bonchev–Trinajstić information content (AvgIpc) is 4.08. The minimum absolute atomic E-state index is 0.566. The highest BCUT2D eigenvalue weighted by molar-refractivity contribution is 6.22. The van der Waals surface area contributed by atoms with Gasteiger partial charge in [0.25, 0.3) is 0 Å². The molecular formula is C63H37N5O. The van der Waals surface area contributed by atoms with E-state index in [2.05, 4.69) is 228 Å². The highest BCUT2D eigenvalue weighted by Crippen LogP contribution is 2.44. The number of para-hydroxylation sites is 3. The molecule has 0 atom stereocenters. The monoisotopic (exact) mass is 879 g/mol. The van der Waals surface area contributed by atoms with Crippen molar-refractivity contribution in [3.05, 3.63) is 224 Å². The van der Waals surface area contributed by atoms with E-state index in [1.54, 1.807) is 0 Å². The molecule has 0 saturated heterocycles. The second-order valence-electron chi connectivity index (χ2n) is 18.0. The predicted octanol–water partition coefficient (Wildman–Crippen LogP) is 16.4. The Morgan fingerprint density at radius 3 is 1.81 bits per heavy atom. The van der Waals surface area contributed by atoms with E-state index in [9.17, 15) is 0 Å². The van der Waals surface area contributed by atoms with Crippen LogP contribution in [0.2, 0.25) is 0 Å². The molecule has 0 aliphatic heterocycles. The highest BCUT2D eigenvalue weighted by atomic mass is 16.3. The van der Waals surface area contributed by atoms with Gasteiger partial charge in [-0.25, -0.2) is 15.0 Å². The normalized spacial score (nSPS) is 12.1. The molecule has 6 heteroatoms. The molecule has 11 aromatic carbocycles. The number of hydrogen-bond donors (Lipinski definition) is 0. The number of aromatic nitrogens is 5. The number of furan rings is 1. The zero-order chi connectivity index (χ0) is 45.2. The lowest BCUT2D eigenvalue weighted by atomic mass is 10.0. The van der Waals surface area contributed by atoms with Gasteiger partial charge in [-0.1, -0.05) is 164 Å². The standard InChI is InChI=1S/C63H37N5O/c1-2-20-45(21-3-1)67-53-26-12-10-24-49(53)58-50(25-14-27-54(58)67)63-65-61(43-30-29-38-15-4-5-17-40(38)33-43)64-62(66-63)44-35-52-47-23-11-13-28-57(47)69-60(52)56(37-44)68-55-36-42-19-7-6-18-41(42)34-51(55)48-32-31-39-16-8-9-22-46(39)59(48)68/h1-37H. The van der Waals surface area contributed by atoms with E-state index in [0.29, 0.717) is 17.5 Å². The van der Waals surface area contributed by atoms with Gasteiger partial charge in [0.05, 0.1) is 27.8 Å². The molecule has 6 nitrogen and oxygen atoms in total. The fourth-order valence-electron chi connectivity index (χ4n) is 11.0. The summed E-state index contributed by atoms with van der Waals surface area (Å²) in [6, 6.07) is 79.7. The van der Waals surface area contributed by atoms with Crippen molar-refractivity contribution in [1.82, 2.24) is 24.1 Å². The van der Waals surface area contributed by atoms with Crippen LogP contribution in [-0.2, 0) is 0 Å². The van der Waals surface area contributed by atoms with E-state index in [4.69, 9.17) is 19.4 Å². The Balaban J connectivity index is 1.06. The van der Waals surface area contributed by atoms with Crippen LogP contribution in [0, 0.1) is 0 Å². The molecule has 15 aromatic rings. The van der Waals surface area contributed by atoms with Gasteiger partial charge in [-0.3, -0.25) is 0 Å². The quantitative estimate of drug-likeness (QED) is 0.173. The molecule has 0 radical (unpaired) electrons. The van der Waals surface area contributed by atoms with Crippen molar-refractivity contribution in [3.63, 3.8) is 0 Å². The molecule has 0 aliphatic carbocycles. The highest BCUT2D eigenvalue weighted by Gasteiger charge is 2.24. The van der Waals surface area contributed by atoms with Crippen molar-refractivity contribution in [2.45, 2.75) is 0 Å². The maximum absolute atomic E-state index is 6.97. The first-order valence-corrected chi connectivity index (χ1v) is 23.3. The van der Waals surface area contributed by atoms with Gasteiger partial charge < -0.3 is 13.6 Å². The van der Waals surface area contributed by atoms with Crippen LogP contribution >= 0.6 is 0 Å². The average molecular weight is 880 g/mol. The molecule has 4 aromatic heterocycles. The Bertz CT molecular complexity index is 4620. The number of rotatable bonds is 5. The Kier molecular flexibility index (Phi) is 7.97. The largest absolute Gasteiger partial charge is 0.454 e. The van der Waals surface area contributed by atoms with Crippen molar-refractivity contribution in [2.75, 3.05) is 0 Å². The summed E-state index contributed by atoms with van der Waals surface area (Å²) in [6.07, 6.45) is 0. The summed E-state index contributed by atoms with van der Waals surface area (Å²) >= 11 is 0. The molecule has 0 unspecified atom stereocenters. The van der Waals surface area contributed by atoms with Crippen molar-refractivity contribution < 1.29 is 4.42 Å². The van der Waals surface area contributed by atoms with Crippen molar-refractivity contribution in [2.24, 2.45) is 0 Å². The van der Waals surface area contributed by atoms with E-state index in [1.807, 2.05) is 6.07 Å². The van der Waals surface area contributed by atoms with Crippen molar-refractivity contribution >= 4 is 97.9 Å². The van der Waals surface area contributed by atoms with E-state index >= 15 is 0 Å². The first kappa shape index (κ1) is 37.8. The smallest absolute Gasteiger partial charge is 0.164 e. The summed E-state index contributed by atoms with van der Waals surface area (Å²) in [6.45, 7) is 0. The summed E-state index contributed by atoms with van der Waals surface area (Å²) in [7, 11) is 0. The third-order valence-corrected chi connectivity index (χ3v) is 14.1. The Labute approximate surface area is 394 Å². The Morgan fingerprint density at radius 1 is 0.333 bits per heavy atom. The maximum atomic E-state index is 6.97. The van der Waals surface area contributed by atoms with Crippen LogP contribution in [-0.4, -0.2) is 24.1 Å². The van der Waals surface area contributed by atoms with Crippen molar-refractivity contribution in [3.8, 4) is 45.5 Å². The fraction of sp³-hybridized carbons (Fsp3) is 0. The lowest BCUT2D eigenvalue weighted by Crippen LogP contribution is -2.02.